The summed E-state index contributed by atoms with van der Waals surface area (Å²) in [6.45, 7) is 0.524. The van der Waals surface area contributed by atoms with E-state index in [-0.39, 0.29) is 18.1 Å². The lowest BCUT2D eigenvalue weighted by atomic mass is 10.2. The van der Waals surface area contributed by atoms with Gasteiger partial charge in [0.1, 0.15) is 23.7 Å². The molecule has 6 nitrogen and oxygen atoms in total. The van der Waals surface area contributed by atoms with Crippen LogP contribution in [0.15, 0.2) is 36.4 Å². The molecule has 1 N–H and O–H groups in total. The molecular formula is C16H14O6. The van der Waals surface area contributed by atoms with Crippen molar-refractivity contribution in [2.75, 3.05) is 13.9 Å². The zero-order chi connectivity index (χ0) is 15.5. The van der Waals surface area contributed by atoms with E-state index in [0.29, 0.717) is 23.9 Å². The first-order chi connectivity index (χ1) is 10.7. The molecule has 1 heterocycles. The zero-order valence-electron chi connectivity index (χ0n) is 11.9. The van der Waals surface area contributed by atoms with Gasteiger partial charge in [0.2, 0.25) is 6.79 Å². The summed E-state index contributed by atoms with van der Waals surface area (Å²) < 4.78 is 20.7. The number of phenols is 1. The minimum Gasteiger partial charge on any atom is -0.507 e. The molecule has 0 saturated carbocycles. The molecule has 0 bridgehead atoms. The zero-order valence-corrected chi connectivity index (χ0v) is 11.9. The molecular weight excluding hydrogens is 288 g/mol. The van der Waals surface area contributed by atoms with Crippen molar-refractivity contribution in [3.63, 3.8) is 0 Å². The average molecular weight is 302 g/mol. The Balaban J connectivity index is 1.69. The highest BCUT2D eigenvalue weighted by atomic mass is 16.7. The second-order valence-corrected chi connectivity index (χ2v) is 4.65. The van der Waals surface area contributed by atoms with E-state index in [1.54, 1.807) is 6.07 Å². The number of rotatable bonds is 4. The van der Waals surface area contributed by atoms with Crippen LogP contribution in [0, 0.1) is 0 Å². The second kappa shape index (κ2) is 5.85. The first-order valence-electron chi connectivity index (χ1n) is 6.60. The normalized spacial score (nSPS) is 12.0. The molecule has 1 aliphatic rings. The number of fused-ring (bicyclic) bond motifs is 1. The summed E-state index contributed by atoms with van der Waals surface area (Å²) >= 11 is 0. The fourth-order valence-electron chi connectivity index (χ4n) is 2.08. The fraction of sp³-hybridized carbons (Fsp3) is 0.188. The molecule has 0 saturated heterocycles. The number of hydrogen-bond acceptors (Lipinski definition) is 6. The topological polar surface area (TPSA) is 74.2 Å². The van der Waals surface area contributed by atoms with Crippen LogP contribution in [0.25, 0.3) is 0 Å². The van der Waals surface area contributed by atoms with Gasteiger partial charge in [0.15, 0.2) is 11.5 Å². The van der Waals surface area contributed by atoms with Crippen molar-refractivity contribution in [3.8, 4) is 23.0 Å². The number of esters is 1. The summed E-state index contributed by atoms with van der Waals surface area (Å²) in [5.74, 6) is 1.06. The van der Waals surface area contributed by atoms with Crippen molar-refractivity contribution in [2.24, 2.45) is 0 Å². The largest absolute Gasteiger partial charge is 0.507 e. The van der Waals surface area contributed by atoms with Crippen molar-refractivity contribution < 1.29 is 28.8 Å². The molecule has 0 unspecified atom stereocenters. The standard InChI is InChI=1S/C16H14O6/c1-19-16(18)12-4-3-11(7-13(12)17)20-8-10-2-5-14-15(6-10)22-9-21-14/h2-7,17H,8-9H2,1H3. The van der Waals surface area contributed by atoms with Crippen LogP contribution in [0.2, 0.25) is 0 Å². The van der Waals surface area contributed by atoms with Gasteiger partial charge >= 0.3 is 5.97 Å². The minimum absolute atomic E-state index is 0.0953. The lowest BCUT2D eigenvalue weighted by molar-refractivity contribution is 0.0597. The van der Waals surface area contributed by atoms with Crippen molar-refractivity contribution in [1.29, 1.82) is 0 Å². The summed E-state index contributed by atoms with van der Waals surface area (Å²) in [6.07, 6.45) is 0. The summed E-state index contributed by atoms with van der Waals surface area (Å²) in [5.41, 5.74) is 0.999. The highest BCUT2D eigenvalue weighted by Gasteiger charge is 2.14. The maximum atomic E-state index is 11.4. The SMILES string of the molecule is COC(=O)c1ccc(OCc2ccc3c(c2)OCO3)cc1O. The Kier molecular flexibility index (Phi) is 3.74. The average Bonchev–Trinajstić information content (AvgIpc) is 3.00. The predicted molar refractivity (Wildman–Crippen MR) is 76.3 cm³/mol. The van der Waals surface area contributed by atoms with Gasteiger partial charge in [0.05, 0.1) is 7.11 Å². The van der Waals surface area contributed by atoms with Crippen molar-refractivity contribution >= 4 is 5.97 Å². The van der Waals surface area contributed by atoms with Gasteiger partial charge < -0.3 is 24.1 Å². The van der Waals surface area contributed by atoms with Crippen LogP contribution in [0.4, 0.5) is 0 Å². The van der Waals surface area contributed by atoms with Crippen LogP contribution < -0.4 is 14.2 Å². The molecule has 2 aromatic rings. The minimum atomic E-state index is -0.597. The van der Waals surface area contributed by atoms with E-state index >= 15 is 0 Å². The third-order valence-corrected chi connectivity index (χ3v) is 3.22. The van der Waals surface area contributed by atoms with E-state index < -0.39 is 5.97 Å². The van der Waals surface area contributed by atoms with Gasteiger partial charge in [-0.2, -0.15) is 0 Å². The van der Waals surface area contributed by atoms with Crippen LogP contribution in [-0.2, 0) is 11.3 Å². The monoisotopic (exact) mass is 302 g/mol. The van der Waals surface area contributed by atoms with Crippen LogP contribution in [0.1, 0.15) is 15.9 Å². The molecule has 2 aromatic carbocycles. The number of methoxy groups -OCH3 is 1. The van der Waals surface area contributed by atoms with E-state index in [0.717, 1.165) is 5.56 Å². The summed E-state index contributed by atoms with van der Waals surface area (Å²) in [7, 11) is 1.26. The van der Waals surface area contributed by atoms with E-state index in [1.807, 2.05) is 18.2 Å². The maximum absolute atomic E-state index is 11.4. The molecule has 1 aliphatic heterocycles. The third kappa shape index (κ3) is 2.76. The molecule has 0 fully saturated rings. The Morgan fingerprint density at radius 3 is 2.77 bits per heavy atom. The predicted octanol–water partition coefficient (Wildman–Crippen LogP) is 2.49. The number of carbonyl (C=O) groups excluding carboxylic acids is 1. The van der Waals surface area contributed by atoms with Gasteiger partial charge in [-0.15, -0.1) is 0 Å². The number of hydrogen-bond donors (Lipinski definition) is 1. The molecule has 114 valence electrons. The molecule has 0 spiro atoms. The first-order valence-corrected chi connectivity index (χ1v) is 6.60. The van der Waals surface area contributed by atoms with E-state index in [9.17, 15) is 9.90 Å². The fourth-order valence-corrected chi connectivity index (χ4v) is 2.08. The summed E-state index contributed by atoms with van der Waals surface area (Å²) in [4.78, 5) is 11.4. The Hall–Kier alpha value is -2.89. The Labute approximate surface area is 126 Å². The smallest absolute Gasteiger partial charge is 0.341 e. The molecule has 0 aromatic heterocycles. The van der Waals surface area contributed by atoms with Crippen LogP contribution in [0.3, 0.4) is 0 Å². The molecule has 22 heavy (non-hydrogen) atoms. The lowest BCUT2D eigenvalue weighted by Gasteiger charge is -2.09. The van der Waals surface area contributed by atoms with Crippen molar-refractivity contribution in [2.45, 2.75) is 6.61 Å². The number of aromatic hydroxyl groups is 1. The van der Waals surface area contributed by atoms with Gasteiger partial charge in [-0.05, 0) is 29.8 Å². The molecule has 0 aliphatic carbocycles. The number of ether oxygens (including phenoxy) is 4. The molecule has 3 rings (SSSR count). The van der Waals surface area contributed by atoms with Crippen molar-refractivity contribution in [1.82, 2.24) is 0 Å². The van der Waals surface area contributed by atoms with E-state index in [4.69, 9.17) is 14.2 Å². The molecule has 0 amide bonds. The van der Waals surface area contributed by atoms with Gasteiger partial charge in [0.25, 0.3) is 0 Å². The molecule has 6 heteroatoms. The van der Waals surface area contributed by atoms with Gasteiger partial charge in [-0.1, -0.05) is 6.07 Å². The van der Waals surface area contributed by atoms with E-state index in [2.05, 4.69) is 4.74 Å². The number of benzene rings is 2. The molecule has 0 atom stereocenters. The Morgan fingerprint density at radius 1 is 1.18 bits per heavy atom. The highest BCUT2D eigenvalue weighted by molar-refractivity contribution is 5.92. The summed E-state index contributed by atoms with van der Waals surface area (Å²) in [5, 5.41) is 9.80. The van der Waals surface area contributed by atoms with Gasteiger partial charge in [-0.3, -0.25) is 0 Å². The number of phenolic OH excluding ortho intramolecular Hbond substituents is 1. The van der Waals surface area contributed by atoms with Crippen LogP contribution >= 0.6 is 0 Å². The number of carbonyl (C=O) groups is 1. The lowest BCUT2D eigenvalue weighted by Crippen LogP contribution is -2.02. The van der Waals surface area contributed by atoms with Gasteiger partial charge in [-0.25, -0.2) is 4.79 Å². The Bertz CT molecular complexity index is 710. The van der Waals surface area contributed by atoms with E-state index in [1.165, 1.54) is 19.2 Å². The maximum Gasteiger partial charge on any atom is 0.341 e. The highest BCUT2D eigenvalue weighted by Crippen LogP contribution is 2.33. The summed E-state index contributed by atoms with van der Waals surface area (Å²) in [6, 6.07) is 9.95. The second-order valence-electron chi connectivity index (χ2n) is 4.65. The van der Waals surface area contributed by atoms with Crippen LogP contribution in [0.5, 0.6) is 23.0 Å². The first kappa shape index (κ1) is 14.1. The Morgan fingerprint density at radius 2 is 2.00 bits per heavy atom. The van der Waals surface area contributed by atoms with Gasteiger partial charge in [0, 0.05) is 6.07 Å². The molecule has 0 radical (unpaired) electrons. The quantitative estimate of drug-likeness (QED) is 0.875. The third-order valence-electron chi connectivity index (χ3n) is 3.22. The van der Waals surface area contributed by atoms with Crippen molar-refractivity contribution in [3.05, 3.63) is 47.5 Å². The van der Waals surface area contributed by atoms with Crippen LogP contribution in [-0.4, -0.2) is 25.0 Å².